The summed E-state index contributed by atoms with van der Waals surface area (Å²) in [7, 11) is 0. The van der Waals surface area contributed by atoms with Crippen LogP contribution in [0.4, 0.5) is 0 Å². The quantitative estimate of drug-likeness (QED) is 0.417. The summed E-state index contributed by atoms with van der Waals surface area (Å²) in [4.78, 5) is 24.0. The first kappa shape index (κ1) is 25.0. The molecule has 0 bridgehead atoms. The minimum absolute atomic E-state index is 0.198. The minimum Gasteiger partial charge on any atom is -0.481 e. The normalized spacial score (nSPS) is 43.7. The highest BCUT2D eigenvalue weighted by molar-refractivity contribution is 5.85. The van der Waals surface area contributed by atoms with Crippen molar-refractivity contribution in [3.63, 3.8) is 0 Å². The van der Waals surface area contributed by atoms with E-state index in [0.29, 0.717) is 29.0 Å². The molecule has 0 heterocycles. The van der Waals surface area contributed by atoms with Crippen LogP contribution in [0.1, 0.15) is 113 Å². The number of Topliss-reactive ketones (excluding diaryl/α,β-unsaturated/α-hetero) is 1. The Morgan fingerprint density at radius 1 is 1.06 bits per heavy atom. The van der Waals surface area contributed by atoms with E-state index in [4.69, 9.17) is 0 Å². The third kappa shape index (κ3) is 3.57. The third-order valence-corrected chi connectivity index (χ3v) is 12.1. The maximum atomic E-state index is 12.8. The van der Waals surface area contributed by atoms with E-state index in [1.165, 1.54) is 25.7 Å². The lowest BCUT2D eigenvalue weighted by molar-refractivity contribution is -0.146. The standard InChI is InChI=1S/C30H48O3/c1-19(9-8-10-20(2)26(32)33)21-13-17-30(7)23-11-12-24-27(3,4)25(31)15-16-28(24,5)22(23)14-18-29(21,30)6/h11,19-22,24H,8-10,12-18H2,1-7H3,(H,32,33)/t19-,20?,21-,22-,24+,28+,29-,30+/m1/s1. The number of hydrogen-bond donors (Lipinski definition) is 1. The van der Waals surface area contributed by atoms with Gasteiger partial charge in [-0.05, 0) is 84.9 Å². The van der Waals surface area contributed by atoms with E-state index < -0.39 is 5.97 Å². The molecule has 3 saturated carbocycles. The van der Waals surface area contributed by atoms with E-state index >= 15 is 0 Å². The van der Waals surface area contributed by atoms with Crippen molar-refractivity contribution >= 4 is 11.8 Å². The molecule has 0 aromatic heterocycles. The summed E-state index contributed by atoms with van der Waals surface area (Å²) in [5.41, 5.74) is 2.40. The molecule has 4 aliphatic carbocycles. The SMILES string of the molecule is CC(CCC[C@@H](C)[C@H]1CC[C@@]2(C)C3=CC[C@H]4C(C)(C)C(=O)CC[C@@]4(C)[C@@H]3CC[C@]12C)C(=O)O. The first-order chi connectivity index (χ1) is 15.3. The van der Waals surface area contributed by atoms with E-state index in [9.17, 15) is 14.7 Å². The summed E-state index contributed by atoms with van der Waals surface area (Å²) in [6.45, 7) is 16.4. The first-order valence-electron chi connectivity index (χ1n) is 13.8. The van der Waals surface area contributed by atoms with Crippen LogP contribution in [-0.2, 0) is 9.59 Å². The van der Waals surface area contributed by atoms with Crippen molar-refractivity contribution in [1.82, 2.24) is 0 Å². The summed E-state index contributed by atoms with van der Waals surface area (Å²) in [5.74, 6) is 2.05. The van der Waals surface area contributed by atoms with Crippen LogP contribution in [0.3, 0.4) is 0 Å². The second-order valence-electron chi connectivity index (χ2n) is 13.7. The average molecular weight is 457 g/mol. The van der Waals surface area contributed by atoms with Crippen LogP contribution in [0.5, 0.6) is 0 Å². The Labute approximate surface area is 202 Å². The summed E-state index contributed by atoms with van der Waals surface area (Å²) < 4.78 is 0. The molecule has 0 aromatic rings. The highest BCUT2D eigenvalue weighted by Crippen LogP contribution is 2.73. The Kier molecular flexibility index (Phi) is 6.23. The highest BCUT2D eigenvalue weighted by Gasteiger charge is 2.65. The largest absolute Gasteiger partial charge is 0.481 e. The summed E-state index contributed by atoms with van der Waals surface area (Å²) in [6.07, 6.45) is 13.6. The van der Waals surface area contributed by atoms with Gasteiger partial charge in [0.25, 0.3) is 0 Å². The van der Waals surface area contributed by atoms with Crippen molar-refractivity contribution in [3.8, 4) is 0 Å². The molecular formula is C30H48O3. The second kappa shape index (κ2) is 8.23. The molecule has 0 radical (unpaired) electrons. The molecule has 3 nitrogen and oxygen atoms in total. The molecule has 0 amide bonds. The number of carbonyl (C=O) groups is 2. The number of allylic oxidation sites excluding steroid dienone is 2. The van der Waals surface area contributed by atoms with Crippen molar-refractivity contribution in [3.05, 3.63) is 11.6 Å². The van der Waals surface area contributed by atoms with Crippen molar-refractivity contribution < 1.29 is 14.7 Å². The van der Waals surface area contributed by atoms with Gasteiger partial charge >= 0.3 is 5.97 Å². The zero-order valence-corrected chi connectivity index (χ0v) is 22.3. The predicted octanol–water partition coefficient (Wildman–Crippen LogP) is 7.69. The molecule has 33 heavy (non-hydrogen) atoms. The summed E-state index contributed by atoms with van der Waals surface area (Å²) >= 11 is 0. The van der Waals surface area contributed by atoms with Gasteiger partial charge in [0.1, 0.15) is 5.78 Å². The molecule has 4 rings (SSSR count). The molecule has 1 N–H and O–H groups in total. The number of aliphatic carboxylic acids is 1. The number of ketones is 1. The Morgan fingerprint density at radius 2 is 1.76 bits per heavy atom. The summed E-state index contributed by atoms with van der Waals surface area (Å²) in [5, 5.41) is 9.22. The van der Waals surface area contributed by atoms with Gasteiger partial charge in [-0.25, -0.2) is 0 Å². The van der Waals surface area contributed by atoms with Crippen molar-refractivity contribution in [1.29, 1.82) is 0 Å². The molecule has 0 saturated heterocycles. The Balaban J connectivity index is 1.56. The van der Waals surface area contributed by atoms with Crippen LogP contribution in [0, 0.1) is 51.2 Å². The lowest BCUT2D eigenvalue weighted by Gasteiger charge is -2.63. The van der Waals surface area contributed by atoms with Gasteiger partial charge in [-0.2, -0.15) is 0 Å². The molecule has 8 atom stereocenters. The first-order valence-corrected chi connectivity index (χ1v) is 13.8. The van der Waals surface area contributed by atoms with Crippen molar-refractivity contribution in [2.45, 2.75) is 113 Å². The lowest BCUT2D eigenvalue weighted by atomic mass is 9.41. The van der Waals surface area contributed by atoms with Gasteiger partial charge in [0.2, 0.25) is 0 Å². The second-order valence-corrected chi connectivity index (χ2v) is 13.7. The Morgan fingerprint density at radius 3 is 2.42 bits per heavy atom. The van der Waals surface area contributed by atoms with E-state index in [-0.39, 0.29) is 22.2 Å². The van der Waals surface area contributed by atoms with E-state index in [0.717, 1.165) is 44.4 Å². The fourth-order valence-corrected chi connectivity index (χ4v) is 9.54. The van der Waals surface area contributed by atoms with Gasteiger partial charge in [0.15, 0.2) is 0 Å². The third-order valence-electron chi connectivity index (χ3n) is 12.1. The fraction of sp³-hybridized carbons (Fsp3) is 0.867. The zero-order chi connectivity index (χ0) is 24.4. The van der Waals surface area contributed by atoms with Crippen LogP contribution in [-0.4, -0.2) is 16.9 Å². The van der Waals surface area contributed by atoms with Gasteiger partial charge in [-0.3, -0.25) is 9.59 Å². The maximum Gasteiger partial charge on any atom is 0.306 e. The van der Waals surface area contributed by atoms with Crippen LogP contribution in [0.15, 0.2) is 11.6 Å². The van der Waals surface area contributed by atoms with Gasteiger partial charge in [-0.15, -0.1) is 0 Å². The van der Waals surface area contributed by atoms with Crippen LogP contribution >= 0.6 is 0 Å². The topological polar surface area (TPSA) is 54.4 Å². The predicted molar refractivity (Wildman–Crippen MR) is 134 cm³/mol. The Bertz CT molecular complexity index is 839. The van der Waals surface area contributed by atoms with E-state index in [1.54, 1.807) is 5.57 Å². The average Bonchev–Trinajstić information content (AvgIpc) is 3.02. The highest BCUT2D eigenvalue weighted by atomic mass is 16.4. The zero-order valence-electron chi connectivity index (χ0n) is 22.3. The molecule has 186 valence electrons. The van der Waals surface area contributed by atoms with E-state index in [1.807, 2.05) is 6.92 Å². The number of fused-ring (bicyclic) bond motifs is 5. The number of rotatable bonds is 6. The minimum atomic E-state index is -0.662. The summed E-state index contributed by atoms with van der Waals surface area (Å²) in [6, 6.07) is 0. The molecule has 1 unspecified atom stereocenters. The smallest absolute Gasteiger partial charge is 0.306 e. The number of carbonyl (C=O) groups excluding carboxylic acids is 1. The lowest BCUT2D eigenvalue weighted by Crippen LogP contribution is -2.57. The van der Waals surface area contributed by atoms with Gasteiger partial charge < -0.3 is 5.11 Å². The Hall–Kier alpha value is -1.12. The number of hydrogen-bond acceptors (Lipinski definition) is 2. The van der Waals surface area contributed by atoms with Gasteiger partial charge in [0, 0.05) is 11.8 Å². The van der Waals surface area contributed by atoms with Gasteiger partial charge in [-0.1, -0.05) is 73.0 Å². The van der Waals surface area contributed by atoms with Crippen molar-refractivity contribution in [2.24, 2.45) is 51.2 Å². The monoisotopic (exact) mass is 456 g/mol. The maximum absolute atomic E-state index is 12.8. The van der Waals surface area contributed by atoms with Crippen molar-refractivity contribution in [2.75, 3.05) is 0 Å². The molecule has 3 heteroatoms. The van der Waals surface area contributed by atoms with Gasteiger partial charge in [0.05, 0.1) is 5.92 Å². The van der Waals surface area contributed by atoms with Crippen LogP contribution < -0.4 is 0 Å². The molecular weight excluding hydrogens is 408 g/mol. The number of carboxylic acids is 1. The molecule has 3 fully saturated rings. The molecule has 0 aromatic carbocycles. The van der Waals surface area contributed by atoms with Crippen LogP contribution in [0.2, 0.25) is 0 Å². The molecule has 0 aliphatic heterocycles. The van der Waals surface area contributed by atoms with E-state index in [2.05, 4.69) is 47.6 Å². The van der Waals surface area contributed by atoms with Crippen LogP contribution in [0.25, 0.3) is 0 Å². The fourth-order valence-electron chi connectivity index (χ4n) is 9.54. The number of carboxylic acid groups (broad SMARTS) is 1. The molecule has 0 spiro atoms. The molecule has 4 aliphatic rings.